The fraction of sp³-hybridized carbons (Fsp3) is 0.200. The van der Waals surface area contributed by atoms with Gasteiger partial charge in [0.2, 0.25) is 0 Å². The predicted molar refractivity (Wildman–Crippen MR) is 86.8 cm³/mol. The number of halogens is 3. The first kappa shape index (κ1) is 15.5. The van der Waals surface area contributed by atoms with Crippen LogP contribution in [0.5, 0.6) is 11.5 Å². The maximum atomic E-state index is 6.29. The monoisotopic (exact) mass is 374 g/mol. The molecule has 0 bridgehead atoms. The van der Waals surface area contributed by atoms with Gasteiger partial charge in [0.05, 0.1) is 24.1 Å². The molecule has 1 atom stereocenters. The van der Waals surface area contributed by atoms with Crippen LogP contribution in [-0.4, -0.2) is 14.2 Å². The highest BCUT2D eigenvalue weighted by Crippen LogP contribution is 2.40. The molecule has 0 radical (unpaired) electrons. The number of methoxy groups -OCH3 is 2. The van der Waals surface area contributed by atoms with E-state index in [1.165, 1.54) is 0 Å². The van der Waals surface area contributed by atoms with E-state index in [-0.39, 0.29) is 4.83 Å². The Morgan fingerprint density at radius 1 is 0.950 bits per heavy atom. The first-order valence-electron chi connectivity index (χ1n) is 5.87. The van der Waals surface area contributed by atoms with Gasteiger partial charge in [-0.25, -0.2) is 0 Å². The highest BCUT2D eigenvalue weighted by molar-refractivity contribution is 9.09. The zero-order valence-electron chi connectivity index (χ0n) is 11.0. The van der Waals surface area contributed by atoms with Gasteiger partial charge in [0, 0.05) is 11.1 Å². The van der Waals surface area contributed by atoms with Crippen LogP contribution in [0.3, 0.4) is 0 Å². The minimum Gasteiger partial charge on any atom is -0.497 e. The van der Waals surface area contributed by atoms with E-state index >= 15 is 0 Å². The largest absolute Gasteiger partial charge is 0.497 e. The number of ether oxygens (including phenoxy) is 2. The van der Waals surface area contributed by atoms with Gasteiger partial charge in [-0.05, 0) is 29.3 Å². The first-order chi connectivity index (χ1) is 9.56. The Morgan fingerprint density at radius 3 is 2.15 bits per heavy atom. The minimum absolute atomic E-state index is 0.0516. The number of hydrogen-bond donors (Lipinski definition) is 0. The third kappa shape index (κ3) is 3.22. The second-order valence-electron chi connectivity index (χ2n) is 4.14. The van der Waals surface area contributed by atoms with Crippen molar-refractivity contribution in [3.8, 4) is 11.5 Å². The van der Waals surface area contributed by atoms with Crippen molar-refractivity contribution in [3.05, 3.63) is 57.6 Å². The van der Waals surface area contributed by atoms with Crippen LogP contribution in [0, 0.1) is 0 Å². The van der Waals surface area contributed by atoms with E-state index in [9.17, 15) is 0 Å². The van der Waals surface area contributed by atoms with Crippen molar-refractivity contribution in [3.63, 3.8) is 0 Å². The summed E-state index contributed by atoms with van der Waals surface area (Å²) in [5.74, 6) is 1.38. The summed E-state index contributed by atoms with van der Waals surface area (Å²) in [4.78, 5) is -0.0516. The standard InChI is InChI=1S/C15H13BrCl2O2/c1-19-10-5-3-9(4-6-10)15(16)11-7-13(18)14(20-2)8-12(11)17/h3-8,15H,1-2H3. The van der Waals surface area contributed by atoms with E-state index in [1.807, 2.05) is 30.3 Å². The highest BCUT2D eigenvalue weighted by Gasteiger charge is 2.16. The summed E-state index contributed by atoms with van der Waals surface area (Å²) >= 11 is 16.1. The van der Waals surface area contributed by atoms with E-state index in [4.69, 9.17) is 32.7 Å². The molecular weight excluding hydrogens is 363 g/mol. The zero-order chi connectivity index (χ0) is 14.7. The molecule has 106 valence electrons. The van der Waals surface area contributed by atoms with Crippen LogP contribution in [0.1, 0.15) is 16.0 Å². The Balaban J connectivity index is 2.36. The van der Waals surface area contributed by atoms with Gasteiger partial charge in [-0.3, -0.25) is 0 Å². The molecule has 2 nitrogen and oxygen atoms in total. The Hall–Kier alpha value is -0.900. The first-order valence-corrected chi connectivity index (χ1v) is 7.55. The molecule has 0 N–H and O–H groups in total. The van der Waals surface area contributed by atoms with Crippen molar-refractivity contribution in [2.24, 2.45) is 0 Å². The van der Waals surface area contributed by atoms with Gasteiger partial charge in [-0.15, -0.1) is 0 Å². The third-order valence-corrected chi connectivity index (χ3v) is 4.60. The van der Waals surface area contributed by atoms with Crippen LogP contribution < -0.4 is 9.47 Å². The van der Waals surface area contributed by atoms with Crippen molar-refractivity contribution >= 4 is 39.1 Å². The van der Waals surface area contributed by atoms with Gasteiger partial charge in [0.15, 0.2) is 0 Å². The second-order valence-corrected chi connectivity index (χ2v) is 5.87. The second kappa shape index (κ2) is 6.70. The number of benzene rings is 2. The smallest absolute Gasteiger partial charge is 0.138 e. The molecule has 20 heavy (non-hydrogen) atoms. The lowest BCUT2D eigenvalue weighted by Gasteiger charge is -2.15. The van der Waals surface area contributed by atoms with Crippen molar-refractivity contribution < 1.29 is 9.47 Å². The average Bonchev–Trinajstić information content (AvgIpc) is 2.48. The lowest BCUT2D eigenvalue weighted by Crippen LogP contribution is -1.96. The van der Waals surface area contributed by atoms with Crippen molar-refractivity contribution in [2.75, 3.05) is 14.2 Å². The molecule has 0 fully saturated rings. The van der Waals surface area contributed by atoms with E-state index in [0.29, 0.717) is 15.8 Å². The summed E-state index contributed by atoms with van der Waals surface area (Å²) in [6.07, 6.45) is 0. The fourth-order valence-electron chi connectivity index (χ4n) is 1.85. The summed E-state index contributed by atoms with van der Waals surface area (Å²) in [5, 5.41) is 1.13. The van der Waals surface area contributed by atoms with Crippen LogP contribution >= 0.6 is 39.1 Å². The summed E-state index contributed by atoms with van der Waals surface area (Å²) < 4.78 is 10.3. The van der Waals surface area contributed by atoms with E-state index in [0.717, 1.165) is 16.9 Å². The maximum absolute atomic E-state index is 6.29. The van der Waals surface area contributed by atoms with Gasteiger partial charge < -0.3 is 9.47 Å². The quantitative estimate of drug-likeness (QED) is 0.657. The highest BCUT2D eigenvalue weighted by atomic mass is 79.9. The molecule has 2 rings (SSSR count). The summed E-state index contributed by atoms with van der Waals surface area (Å²) in [7, 11) is 3.20. The normalized spacial score (nSPS) is 12.1. The lowest BCUT2D eigenvalue weighted by molar-refractivity contribution is 0.414. The van der Waals surface area contributed by atoms with E-state index < -0.39 is 0 Å². The molecular formula is C15H13BrCl2O2. The third-order valence-electron chi connectivity index (χ3n) is 2.95. The number of hydrogen-bond acceptors (Lipinski definition) is 2. The lowest BCUT2D eigenvalue weighted by atomic mass is 10.0. The Kier molecular flexibility index (Phi) is 5.19. The SMILES string of the molecule is COc1ccc(C(Br)c2cc(Cl)c(OC)cc2Cl)cc1. The van der Waals surface area contributed by atoms with Gasteiger partial charge in [0.1, 0.15) is 11.5 Å². The van der Waals surface area contributed by atoms with Crippen molar-refractivity contribution in [2.45, 2.75) is 4.83 Å². The Labute approximate surface area is 136 Å². The molecule has 5 heteroatoms. The van der Waals surface area contributed by atoms with Gasteiger partial charge in [0.25, 0.3) is 0 Å². The summed E-state index contributed by atoms with van der Waals surface area (Å²) in [5.41, 5.74) is 1.96. The molecule has 0 saturated carbocycles. The molecule has 1 unspecified atom stereocenters. The molecule has 0 amide bonds. The predicted octanol–water partition coefficient (Wildman–Crippen LogP) is 5.49. The van der Waals surface area contributed by atoms with Crippen LogP contribution in [0.15, 0.2) is 36.4 Å². The summed E-state index contributed by atoms with van der Waals surface area (Å²) in [6, 6.07) is 11.3. The van der Waals surface area contributed by atoms with E-state index in [2.05, 4.69) is 15.9 Å². The molecule has 0 aliphatic rings. The molecule has 0 aromatic heterocycles. The van der Waals surface area contributed by atoms with Gasteiger partial charge in [-0.1, -0.05) is 51.3 Å². The molecule has 0 saturated heterocycles. The van der Waals surface area contributed by atoms with Crippen molar-refractivity contribution in [1.29, 1.82) is 0 Å². The number of alkyl halides is 1. The molecule has 0 aliphatic carbocycles. The molecule has 0 spiro atoms. The molecule has 2 aromatic carbocycles. The molecule has 2 aromatic rings. The zero-order valence-corrected chi connectivity index (χ0v) is 14.1. The Bertz CT molecular complexity index is 600. The van der Waals surface area contributed by atoms with E-state index in [1.54, 1.807) is 20.3 Å². The van der Waals surface area contributed by atoms with Gasteiger partial charge in [-0.2, -0.15) is 0 Å². The molecule has 0 heterocycles. The van der Waals surface area contributed by atoms with Crippen LogP contribution in [0.25, 0.3) is 0 Å². The minimum atomic E-state index is -0.0516. The summed E-state index contributed by atoms with van der Waals surface area (Å²) in [6.45, 7) is 0. The van der Waals surface area contributed by atoms with Crippen LogP contribution in [0.4, 0.5) is 0 Å². The van der Waals surface area contributed by atoms with Crippen LogP contribution in [-0.2, 0) is 0 Å². The van der Waals surface area contributed by atoms with Gasteiger partial charge >= 0.3 is 0 Å². The molecule has 0 aliphatic heterocycles. The average molecular weight is 376 g/mol. The maximum Gasteiger partial charge on any atom is 0.138 e. The Morgan fingerprint density at radius 2 is 1.60 bits per heavy atom. The fourth-order valence-corrected chi connectivity index (χ4v) is 3.17. The van der Waals surface area contributed by atoms with Crippen molar-refractivity contribution in [1.82, 2.24) is 0 Å². The number of rotatable bonds is 4. The topological polar surface area (TPSA) is 18.5 Å². The van der Waals surface area contributed by atoms with Crippen LogP contribution in [0.2, 0.25) is 10.0 Å².